The fraction of sp³-hybridized carbons (Fsp3) is 0.100. The Kier molecular flexibility index (Phi) is 2.54. The lowest BCUT2D eigenvalue weighted by Crippen LogP contribution is -1.88. The molecule has 1 aromatic carbocycles. The van der Waals surface area contributed by atoms with Gasteiger partial charge < -0.3 is 10.3 Å². The van der Waals surface area contributed by atoms with E-state index >= 15 is 0 Å². The minimum absolute atomic E-state index is 0.780. The Morgan fingerprint density at radius 1 is 1.29 bits per heavy atom. The first-order valence-electron chi connectivity index (χ1n) is 4.28. The van der Waals surface area contributed by atoms with Crippen molar-refractivity contribution in [3.05, 3.63) is 34.9 Å². The van der Waals surface area contributed by atoms with E-state index in [0.29, 0.717) is 0 Å². The largest absolute Gasteiger partial charge is 0.359 e. The number of anilines is 1. The van der Waals surface area contributed by atoms with Crippen LogP contribution >= 0.6 is 15.9 Å². The average Bonchev–Trinajstić information content (AvgIpc) is 2.67. The lowest BCUT2D eigenvalue weighted by molar-refractivity contribution is 1.26. The minimum atomic E-state index is 0.780. The Morgan fingerprint density at radius 3 is 2.57 bits per heavy atom. The maximum atomic E-state index is 4.16. The van der Waals surface area contributed by atoms with E-state index in [9.17, 15) is 0 Å². The van der Waals surface area contributed by atoms with Crippen LogP contribution in [0, 0.1) is 0 Å². The van der Waals surface area contributed by atoms with Crippen molar-refractivity contribution in [2.75, 3.05) is 12.4 Å². The van der Waals surface area contributed by atoms with Gasteiger partial charge in [-0.15, -0.1) is 0 Å². The van der Waals surface area contributed by atoms with Gasteiger partial charge in [0.1, 0.15) is 0 Å². The number of nitrogens with zero attached hydrogens (tertiary/aromatic N) is 1. The zero-order chi connectivity index (χ0) is 9.97. The smallest absolute Gasteiger partial charge is 0.200 e. The molecule has 0 amide bonds. The molecule has 0 fully saturated rings. The van der Waals surface area contributed by atoms with Gasteiger partial charge in [0.2, 0.25) is 0 Å². The molecule has 0 aliphatic carbocycles. The molecule has 14 heavy (non-hydrogen) atoms. The number of aromatic nitrogens is 2. The van der Waals surface area contributed by atoms with Gasteiger partial charge in [0.25, 0.3) is 0 Å². The zero-order valence-electron chi connectivity index (χ0n) is 7.71. The molecule has 2 N–H and O–H groups in total. The third kappa shape index (κ3) is 1.80. The van der Waals surface area contributed by atoms with E-state index < -0.39 is 0 Å². The van der Waals surface area contributed by atoms with Gasteiger partial charge in [0, 0.05) is 11.5 Å². The van der Waals surface area contributed by atoms with E-state index in [1.165, 1.54) is 0 Å². The van der Waals surface area contributed by atoms with Crippen molar-refractivity contribution < 1.29 is 0 Å². The molecule has 2 aromatic rings. The summed E-state index contributed by atoms with van der Waals surface area (Å²) in [6, 6.07) is 8.10. The van der Waals surface area contributed by atoms with E-state index in [4.69, 9.17) is 0 Å². The van der Waals surface area contributed by atoms with Crippen LogP contribution in [-0.4, -0.2) is 17.0 Å². The molecule has 0 saturated carbocycles. The topological polar surface area (TPSA) is 40.7 Å². The van der Waals surface area contributed by atoms with E-state index in [1.54, 1.807) is 0 Å². The Hall–Kier alpha value is -1.29. The fourth-order valence-electron chi connectivity index (χ4n) is 1.22. The predicted octanol–water partition coefficient (Wildman–Crippen LogP) is 2.88. The third-order valence-electron chi connectivity index (χ3n) is 1.97. The number of aromatic amines is 1. The molecule has 1 aromatic heterocycles. The van der Waals surface area contributed by atoms with Gasteiger partial charge in [-0.3, -0.25) is 0 Å². The van der Waals surface area contributed by atoms with Crippen LogP contribution < -0.4 is 5.32 Å². The summed E-state index contributed by atoms with van der Waals surface area (Å²) in [6.07, 6.45) is 1.81. The molecular formula is C10H10BrN3. The number of imidazole rings is 1. The highest BCUT2D eigenvalue weighted by Gasteiger charge is 2.00. The molecule has 0 bridgehead atoms. The van der Waals surface area contributed by atoms with Crippen LogP contribution in [0.25, 0.3) is 11.3 Å². The molecule has 3 nitrogen and oxygen atoms in total. The number of halogens is 1. The maximum Gasteiger partial charge on any atom is 0.200 e. The van der Waals surface area contributed by atoms with Crippen LogP contribution in [0.1, 0.15) is 0 Å². The zero-order valence-corrected chi connectivity index (χ0v) is 9.30. The first-order valence-corrected chi connectivity index (χ1v) is 5.07. The molecule has 0 aliphatic rings. The molecule has 2 rings (SSSR count). The van der Waals surface area contributed by atoms with Gasteiger partial charge in [0.15, 0.2) is 5.95 Å². The summed E-state index contributed by atoms with van der Waals surface area (Å²) in [4.78, 5) is 7.32. The van der Waals surface area contributed by atoms with Crippen LogP contribution in [0.4, 0.5) is 5.95 Å². The molecule has 4 heteroatoms. The summed E-state index contributed by atoms with van der Waals surface area (Å²) < 4.78 is 1.08. The summed E-state index contributed by atoms with van der Waals surface area (Å²) in [6.45, 7) is 0. The second kappa shape index (κ2) is 3.84. The van der Waals surface area contributed by atoms with Crippen LogP contribution in [0.15, 0.2) is 34.9 Å². The maximum absolute atomic E-state index is 4.16. The number of H-pyrrole nitrogens is 1. The molecule has 0 aliphatic heterocycles. The fourth-order valence-corrected chi connectivity index (χ4v) is 1.49. The van der Waals surface area contributed by atoms with Crippen molar-refractivity contribution >= 4 is 21.9 Å². The predicted molar refractivity (Wildman–Crippen MR) is 61.3 cm³/mol. The lowest BCUT2D eigenvalue weighted by atomic mass is 10.2. The standard InChI is InChI=1S/C10H10BrN3/c1-12-10-13-6-9(14-10)7-2-4-8(11)5-3-7/h2-6H,1H3,(H2,12,13,14). The number of rotatable bonds is 2. The molecule has 0 radical (unpaired) electrons. The minimum Gasteiger partial charge on any atom is -0.359 e. The Bertz CT molecular complexity index is 419. The molecule has 72 valence electrons. The average molecular weight is 252 g/mol. The molecule has 0 atom stereocenters. The van der Waals surface area contributed by atoms with Crippen LogP contribution in [0.3, 0.4) is 0 Å². The van der Waals surface area contributed by atoms with Crippen molar-refractivity contribution in [3.63, 3.8) is 0 Å². The van der Waals surface area contributed by atoms with Gasteiger partial charge in [-0.1, -0.05) is 28.1 Å². The van der Waals surface area contributed by atoms with Crippen molar-refractivity contribution in [1.82, 2.24) is 9.97 Å². The lowest BCUT2D eigenvalue weighted by Gasteiger charge is -1.97. The molecule has 0 unspecified atom stereocenters. The van der Waals surface area contributed by atoms with Crippen LogP contribution in [0.2, 0.25) is 0 Å². The first-order chi connectivity index (χ1) is 6.79. The normalized spacial score (nSPS) is 10.1. The Morgan fingerprint density at radius 2 is 2.00 bits per heavy atom. The second-order valence-corrected chi connectivity index (χ2v) is 3.82. The number of hydrogen-bond acceptors (Lipinski definition) is 2. The summed E-state index contributed by atoms with van der Waals surface area (Å²) in [5.74, 6) is 0.780. The van der Waals surface area contributed by atoms with Gasteiger partial charge in [-0.05, 0) is 17.7 Å². The summed E-state index contributed by atoms with van der Waals surface area (Å²) in [7, 11) is 1.84. The summed E-state index contributed by atoms with van der Waals surface area (Å²) in [5, 5.41) is 2.95. The van der Waals surface area contributed by atoms with Gasteiger partial charge >= 0.3 is 0 Å². The first kappa shape index (κ1) is 9.27. The quantitative estimate of drug-likeness (QED) is 0.862. The van der Waals surface area contributed by atoms with Crippen LogP contribution in [-0.2, 0) is 0 Å². The van der Waals surface area contributed by atoms with Crippen LogP contribution in [0.5, 0.6) is 0 Å². The van der Waals surface area contributed by atoms with E-state index in [1.807, 2.05) is 37.5 Å². The third-order valence-corrected chi connectivity index (χ3v) is 2.50. The summed E-state index contributed by atoms with van der Waals surface area (Å²) >= 11 is 3.40. The second-order valence-electron chi connectivity index (χ2n) is 2.90. The van der Waals surface area contributed by atoms with Crippen molar-refractivity contribution in [2.45, 2.75) is 0 Å². The molecule has 0 spiro atoms. The Balaban J connectivity index is 2.34. The number of nitrogens with one attached hydrogen (secondary N) is 2. The van der Waals surface area contributed by atoms with E-state index in [2.05, 4.69) is 31.2 Å². The summed E-state index contributed by atoms with van der Waals surface area (Å²) in [5.41, 5.74) is 2.14. The molecule has 0 saturated heterocycles. The van der Waals surface area contributed by atoms with Gasteiger partial charge in [0.05, 0.1) is 11.9 Å². The Labute approximate surface area is 90.7 Å². The number of hydrogen-bond donors (Lipinski definition) is 2. The molecule has 1 heterocycles. The van der Waals surface area contributed by atoms with Gasteiger partial charge in [-0.25, -0.2) is 4.98 Å². The van der Waals surface area contributed by atoms with Crippen molar-refractivity contribution in [2.24, 2.45) is 0 Å². The monoisotopic (exact) mass is 251 g/mol. The SMILES string of the molecule is CNc1ncc(-c2ccc(Br)cc2)[nH]1. The number of benzene rings is 1. The van der Waals surface area contributed by atoms with E-state index in [-0.39, 0.29) is 0 Å². The highest BCUT2D eigenvalue weighted by atomic mass is 79.9. The highest BCUT2D eigenvalue weighted by Crippen LogP contribution is 2.20. The van der Waals surface area contributed by atoms with Crippen molar-refractivity contribution in [3.8, 4) is 11.3 Å². The highest BCUT2D eigenvalue weighted by molar-refractivity contribution is 9.10. The van der Waals surface area contributed by atoms with Crippen molar-refractivity contribution in [1.29, 1.82) is 0 Å². The molecular weight excluding hydrogens is 242 g/mol. The van der Waals surface area contributed by atoms with E-state index in [0.717, 1.165) is 21.7 Å². The van der Waals surface area contributed by atoms with Gasteiger partial charge in [-0.2, -0.15) is 0 Å².